The highest BCUT2D eigenvalue weighted by molar-refractivity contribution is 7.89. The first kappa shape index (κ1) is 22.7. The van der Waals surface area contributed by atoms with Crippen LogP contribution in [0.5, 0.6) is 0 Å². The van der Waals surface area contributed by atoms with Crippen LogP contribution in [0.15, 0.2) is 58.4 Å². The maximum atomic E-state index is 13.3. The first-order chi connectivity index (χ1) is 16.4. The fourth-order valence-corrected chi connectivity index (χ4v) is 5.82. The van der Waals surface area contributed by atoms with Crippen molar-refractivity contribution in [1.29, 1.82) is 0 Å². The molecule has 0 unspecified atom stereocenters. The third-order valence-corrected chi connectivity index (χ3v) is 8.15. The Morgan fingerprint density at radius 2 is 1.76 bits per heavy atom. The van der Waals surface area contributed by atoms with Gasteiger partial charge in [0.1, 0.15) is 5.56 Å². The van der Waals surface area contributed by atoms with E-state index < -0.39 is 21.4 Å². The molecule has 1 aromatic heterocycles. The highest BCUT2D eigenvalue weighted by Crippen LogP contribution is 2.29. The summed E-state index contributed by atoms with van der Waals surface area (Å²) in [6, 6.07) is 12.0. The molecule has 178 valence electrons. The number of sulfonamides is 1. The van der Waals surface area contributed by atoms with Crippen molar-refractivity contribution in [2.45, 2.75) is 18.0 Å². The molecule has 0 atom stereocenters. The number of morpholine rings is 1. The van der Waals surface area contributed by atoms with Crippen LogP contribution in [0.2, 0.25) is 0 Å². The molecule has 2 aliphatic rings. The number of aromatic amines is 1. The van der Waals surface area contributed by atoms with Crippen molar-refractivity contribution >= 4 is 26.8 Å². The molecule has 3 heterocycles. The van der Waals surface area contributed by atoms with Gasteiger partial charge in [-0.15, -0.1) is 0 Å². The van der Waals surface area contributed by atoms with Crippen molar-refractivity contribution in [1.82, 2.24) is 19.5 Å². The smallest absolute Gasteiger partial charge is 0.256 e. The largest absolute Gasteiger partial charge is 0.379 e. The third kappa shape index (κ3) is 4.37. The lowest BCUT2D eigenvalue weighted by Crippen LogP contribution is -2.41. The van der Waals surface area contributed by atoms with Gasteiger partial charge < -0.3 is 15.0 Å². The molecular weight excluding hydrogens is 456 g/mol. The number of rotatable bonds is 6. The molecule has 1 amide bonds. The van der Waals surface area contributed by atoms with Crippen LogP contribution >= 0.6 is 0 Å². The van der Waals surface area contributed by atoms with Gasteiger partial charge in [0, 0.05) is 56.4 Å². The zero-order chi connectivity index (χ0) is 23.7. The monoisotopic (exact) mass is 482 g/mol. The molecular formula is C24H26N4O5S. The van der Waals surface area contributed by atoms with E-state index in [2.05, 4.69) is 15.2 Å². The highest BCUT2D eigenvalue weighted by atomic mass is 32.2. The van der Waals surface area contributed by atoms with Gasteiger partial charge in [0.05, 0.1) is 18.1 Å². The van der Waals surface area contributed by atoms with Crippen LogP contribution in [0.1, 0.15) is 21.5 Å². The van der Waals surface area contributed by atoms with E-state index in [0.717, 1.165) is 24.2 Å². The van der Waals surface area contributed by atoms with E-state index in [1.807, 2.05) is 24.3 Å². The second kappa shape index (κ2) is 9.30. The Bertz CT molecular complexity index is 1370. The molecule has 34 heavy (non-hydrogen) atoms. The zero-order valence-corrected chi connectivity index (χ0v) is 19.4. The highest BCUT2D eigenvalue weighted by Gasteiger charge is 2.30. The zero-order valence-electron chi connectivity index (χ0n) is 18.6. The number of nitrogens with zero attached hydrogens (tertiary/aromatic N) is 2. The molecule has 1 saturated heterocycles. The fraction of sp³-hybridized carbons (Fsp3) is 0.333. The molecule has 1 fully saturated rings. The molecule has 3 aromatic rings. The average molecular weight is 483 g/mol. The fourth-order valence-electron chi connectivity index (χ4n) is 4.40. The minimum absolute atomic E-state index is 0.0307. The van der Waals surface area contributed by atoms with Crippen molar-refractivity contribution in [2.24, 2.45) is 0 Å². The topological polar surface area (TPSA) is 112 Å². The Morgan fingerprint density at radius 1 is 1.06 bits per heavy atom. The van der Waals surface area contributed by atoms with Crippen LogP contribution in [0, 0.1) is 0 Å². The number of hydrogen-bond donors (Lipinski definition) is 2. The molecule has 0 spiro atoms. The predicted molar refractivity (Wildman–Crippen MR) is 127 cm³/mol. The van der Waals surface area contributed by atoms with E-state index in [9.17, 15) is 18.0 Å². The predicted octanol–water partition coefficient (Wildman–Crippen LogP) is 1.29. The summed E-state index contributed by atoms with van der Waals surface area (Å²) in [6.45, 7) is 4.62. The van der Waals surface area contributed by atoms with Gasteiger partial charge in [-0.3, -0.25) is 14.5 Å². The number of ether oxygens (including phenoxy) is 1. The van der Waals surface area contributed by atoms with Crippen LogP contribution < -0.4 is 10.7 Å². The van der Waals surface area contributed by atoms with Crippen molar-refractivity contribution in [3.63, 3.8) is 0 Å². The van der Waals surface area contributed by atoms with E-state index in [4.69, 9.17) is 4.74 Å². The summed E-state index contributed by atoms with van der Waals surface area (Å²) in [6.07, 6.45) is 1.38. The van der Waals surface area contributed by atoms with Gasteiger partial charge in [-0.2, -0.15) is 4.31 Å². The van der Waals surface area contributed by atoms with Crippen molar-refractivity contribution in [2.75, 3.05) is 39.4 Å². The molecule has 10 heteroatoms. The lowest BCUT2D eigenvalue weighted by Gasteiger charge is -2.26. The summed E-state index contributed by atoms with van der Waals surface area (Å²) < 4.78 is 33.3. The van der Waals surface area contributed by atoms with Crippen LogP contribution in [0.3, 0.4) is 0 Å². The van der Waals surface area contributed by atoms with Crippen LogP contribution in [-0.2, 0) is 27.8 Å². The van der Waals surface area contributed by atoms with Gasteiger partial charge in [0.25, 0.3) is 5.91 Å². The number of fused-ring (bicyclic) bond motifs is 2. The number of benzene rings is 2. The standard InChI is InChI=1S/C24H26N4O5S/c29-23-20-13-19(34(31,32)28-15-17-3-1-2-4-18(17)16-28)5-6-22(20)26-14-21(23)24(30)25-7-8-27-9-11-33-12-10-27/h1-6,13-14H,7-12,15-16H2,(H,25,30)(H,26,29). The summed E-state index contributed by atoms with van der Waals surface area (Å²) in [5, 5.41) is 2.95. The maximum absolute atomic E-state index is 13.3. The van der Waals surface area contributed by atoms with Crippen LogP contribution in [0.4, 0.5) is 0 Å². The average Bonchev–Trinajstić information content (AvgIpc) is 3.30. The van der Waals surface area contributed by atoms with Gasteiger partial charge >= 0.3 is 0 Å². The number of carbonyl (C=O) groups excluding carboxylic acids is 1. The van der Waals surface area contributed by atoms with Gasteiger partial charge in [0.2, 0.25) is 15.5 Å². The Balaban J connectivity index is 1.36. The number of amides is 1. The summed E-state index contributed by atoms with van der Waals surface area (Å²) in [4.78, 5) is 30.9. The lowest BCUT2D eigenvalue weighted by atomic mass is 10.1. The van der Waals surface area contributed by atoms with E-state index in [1.54, 1.807) is 6.07 Å². The van der Waals surface area contributed by atoms with Crippen LogP contribution in [-0.4, -0.2) is 67.9 Å². The number of pyridine rings is 1. The number of nitrogens with one attached hydrogen (secondary N) is 2. The minimum Gasteiger partial charge on any atom is -0.379 e. The van der Waals surface area contributed by atoms with Crippen molar-refractivity contribution < 1.29 is 17.9 Å². The van der Waals surface area contributed by atoms with Crippen molar-refractivity contribution in [3.05, 3.63) is 75.6 Å². The number of aromatic nitrogens is 1. The summed E-state index contributed by atoms with van der Waals surface area (Å²) >= 11 is 0. The van der Waals surface area contributed by atoms with Gasteiger partial charge in [-0.25, -0.2) is 8.42 Å². The van der Waals surface area contributed by atoms with E-state index in [-0.39, 0.29) is 15.8 Å². The third-order valence-electron chi connectivity index (χ3n) is 6.36. The molecule has 5 rings (SSSR count). The Hall–Kier alpha value is -3.05. The Morgan fingerprint density at radius 3 is 2.47 bits per heavy atom. The summed E-state index contributed by atoms with van der Waals surface area (Å²) in [7, 11) is -3.81. The Labute approximate surface area is 197 Å². The second-order valence-electron chi connectivity index (χ2n) is 8.49. The molecule has 0 radical (unpaired) electrons. The number of hydrogen-bond acceptors (Lipinski definition) is 6. The second-order valence-corrected chi connectivity index (χ2v) is 10.4. The molecule has 0 bridgehead atoms. The van der Waals surface area contributed by atoms with E-state index in [1.165, 1.54) is 22.6 Å². The van der Waals surface area contributed by atoms with Crippen molar-refractivity contribution in [3.8, 4) is 0 Å². The molecule has 2 aliphatic heterocycles. The van der Waals surface area contributed by atoms with Crippen LogP contribution in [0.25, 0.3) is 10.9 Å². The first-order valence-corrected chi connectivity index (χ1v) is 12.7. The van der Waals surface area contributed by atoms with Gasteiger partial charge in [0.15, 0.2) is 0 Å². The molecule has 0 aliphatic carbocycles. The van der Waals surface area contributed by atoms with Gasteiger partial charge in [-0.05, 0) is 29.3 Å². The maximum Gasteiger partial charge on any atom is 0.256 e. The van der Waals surface area contributed by atoms with E-state index >= 15 is 0 Å². The molecule has 2 aromatic carbocycles. The minimum atomic E-state index is -3.81. The first-order valence-electron chi connectivity index (χ1n) is 11.2. The van der Waals surface area contributed by atoms with E-state index in [0.29, 0.717) is 44.9 Å². The summed E-state index contributed by atoms with van der Waals surface area (Å²) in [5.41, 5.74) is 1.87. The molecule has 2 N–H and O–H groups in total. The quantitative estimate of drug-likeness (QED) is 0.548. The molecule has 9 nitrogen and oxygen atoms in total. The van der Waals surface area contributed by atoms with Gasteiger partial charge in [-0.1, -0.05) is 24.3 Å². The molecule has 0 saturated carbocycles. The number of carbonyl (C=O) groups is 1. The number of H-pyrrole nitrogens is 1. The Kier molecular flexibility index (Phi) is 6.22. The summed E-state index contributed by atoms with van der Waals surface area (Å²) in [5.74, 6) is -0.486. The normalized spacial score (nSPS) is 17.1. The SMILES string of the molecule is O=C(NCCN1CCOCC1)c1c[nH]c2ccc(S(=O)(=O)N3Cc4ccccc4C3)cc2c1=O. The lowest BCUT2D eigenvalue weighted by molar-refractivity contribution is 0.0383.